The van der Waals surface area contributed by atoms with Crippen LogP contribution in [0, 0.1) is 0 Å². The van der Waals surface area contributed by atoms with Crippen LogP contribution in [0.4, 0.5) is 5.69 Å². The molecule has 2 rings (SSSR count). The van der Waals surface area contributed by atoms with Gasteiger partial charge >= 0.3 is 0 Å². The van der Waals surface area contributed by atoms with Crippen LogP contribution in [0.3, 0.4) is 0 Å². The van der Waals surface area contributed by atoms with Crippen molar-refractivity contribution in [2.45, 2.75) is 52.4 Å². The molecule has 1 aliphatic rings. The van der Waals surface area contributed by atoms with Crippen molar-refractivity contribution in [3.05, 3.63) is 59.8 Å². The molecule has 0 saturated carbocycles. The first kappa shape index (κ1) is 25.2. The molecule has 0 fully saturated rings. The largest absolute Gasteiger partial charge is 0.374 e. The second kappa shape index (κ2) is 13.4. The Labute approximate surface area is 188 Å². The SMILES string of the molecule is CCCCN(CCCC)c1ccc(C=CC2=CCN(CCCCS(=O)(=O)O)C=C2)cc1. The normalized spacial score (nSPS) is 14.3. The van der Waals surface area contributed by atoms with Gasteiger partial charge in [0.25, 0.3) is 10.1 Å². The highest BCUT2D eigenvalue weighted by atomic mass is 32.2. The van der Waals surface area contributed by atoms with Crippen LogP contribution < -0.4 is 4.90 Å². The summed E-state index contributed by atoms with van der Waals surface area (Å²) in [6.45, 7) is 8.32. The summed E-state index contributed by atoms with van der Waals surface area (Å²) in [4.78, 5) is 4.65. The smallest absolute Gasteiger partial charge is 0.264 e. The number of benzene rings is 1. The number of rotatable bonds is 14. The van der Waals surface area contributed by atoms with Crippen molar-refractivity contribution >= 4 is 21.9 Å². The zero-order valence-electron chi connectivity index (χ0n) is 19.0. The molecule has 172 valence electrons. The minimum Gasteiger partial charge on any atom is -0.374 e. The highest BCUT2D eigenvalue weighted by molar-refractivity contribution is 7.85. The molecule has 1 aromatic rings. The summed E-state index contributed by atoms with van der Waals surface area (Å²) in [7, 11) is -3.85. The van der Waals surface area contributed by atoms with E-state index in [1.807, 2.05) is 0 Å². The van der Waals surface area contributed by atoms with Crippen molar-refractivity contribution in [1.82, 2.24) is 4.90 Å². The van der Waals surface area contributed by atoms with Gasteiger partial charge in [0, 0.05) is 31.9 Å². The Hall–Kier alpha value is -2.05. The minimum absolute atomic E-state index is 0.165. The summed E-state index contributed by atoms with van der Waals surface area (Å²) in [5, 5.41) is 0. The Morgan fingerprint density at radius 2 is 1.68 bits per heavy atom. The van der Waals surface area contributed by atoms with E-state index in [4.69, 9.17) is 4.55 Å². The predicted molar refractivity (Wildman–Crippen MR) is 132 cm³/mol. The second-order valence-corrected chi connectivity index (χ2v) is 9.70. The summed E-state index contributed by atoms with van der Waals surface area (Å²) in [5.74, 6) is -0.165. The van der Waals surface area contributed by atoms with Crippen molar-refractivity contribution in [2.24, 2.45) is 0 Å². The third-order valence-electron chi connectivity index (χ3n) is 5.43. The van der Waals surface area contributed by atoms with E-state index >= 15 is 0 Å². The summed E-state index contributed by atoms with van der Waals surface area (Å²) in [6.07, 6.45) is 16.7. The number of allylic oxidation sites excluding steroid dienone is 3. The Balaban J connectivity index is 1.83. The van der Waals surface area contributed by atoms with Gasteiger partial charge in [-0.25, -0.2) is 0 Å². The predicted octanol–water partition coefficient (Wildman–Crippen LogP) is 5.53. The fraction of sp³-hybridized carbons (Fsp3) is 0.520. The Morgan fingerprint density at radius 3 is 2.23 bits per heavy atom. The van der Waals surface area contributed by atoms with Gasteiger partial charge in [-0.15, -0.1) is 0 Å². The molecule has 1 aliphatic heterocycles. The molecule has 5 nitrogen and oxygen atoms in total. The van der Waals surface area contributed by atoms with Gasteiger partial charge in [-0.3, -0.25) is 4.55 Å². The number of anilines is 1. The number of hydrogen-bond acceptors (Lipinski definition) is 4. The van der Waals surface area contributed by atoms with Gasteiger partial charge in [-0.2, -0.15) is 8.42 Å². The molecule has 1 aromatic carbocycles. The van der Waals surface area contributed by atoms with E-state index in [0.29, 0.717) is 6.42 Å². The van der Waals surface area contributed by atoms with E-state index < -0.39 is 10.1 Å². The van der Waals surface area contributed by atoms with Crippen LogP contribution >= 0.6 is 0 Å². The van der Waals surface area contributed by atoms with E-state index in [1.54, 1.807) is 0 Å². The van der Waals surface area contributed by atoms with E-state index in [1.165, 1.54) is 42.5 Å². The molecule has 1 N–H and O–H groups in total. The van der Waals surface area contributed by atoms with Gasteiger partial charge in [0.15, 0.2) is 0 Å². The van der Waals surface area contributed by atoms with Gasteiger partial charge < -0.3 is 9.80 Å². The van der Waals surface area contributed by atoms with Crippen LogP contribution in [0.5, 0.6) is 0 Å². The van der Waals surface area contributed by atoms with Gasteiger partial charge in [0.05, 0.1) is 5.75 Å². The number of nitrogens with zero attached hydrogens (tertiary/aromatic N) is 2. The molecule has 0 atom stereocenters. The van der Waals surface area contributed by atoms with Crippen LogP contribution in [0.25, 0.3) is 6.08 Å². The molecule has 0 radical (unpaired) electrons. The zero-order chi connectivity index (χ0) is 22.5. The molecule has 1 heterocycles. The standard InChI is InChI=1S/C25H38N2O3S/c1-3-5-18-27(19-6-4-2)25-13-11-23(12-14-25)9-10-24-15-20-26(21-16-24)17-7-8-22-31(28,29)30/h9-16,20H,3-8,17-19,21-22H2,1-2H3,(H,28,29,30). The molecule has 0 saturated heterocycles. The summed E-state index contributed by atoms with van der Waals surface area (Å²) >= 11 is 0. The van der Waals surface area contributed by atoms with Crippen molar-refractivity contribution in [1.29, 1.82) is 0 Å². The van der Waals surface area contributed by atoms with Gasteiger partial charge in [0.2, 0.25) is 0 Å². The minimum atomic E-state index is -3.85. The number of unbranched alkanes of at least 4 members (excludes halogenated alkanes) is 3. The molecule has 0 bridgehead atoms. The first-order valence-electron chi connectivity index (χ1n) is 11.5. The third-order valence-corrected chi connectivity index (χ3v) is 6.23. The number of hydrogen-bond donors (Lipinski definition) is 1. The first-order chi connectivity index (χ1) is 14.9. The van der Waals surface area contributed by atoms with E-state index in [0.717, 1.165) is 32.6 Å². The van der Waals surface area contributed by atoms with E-state index in [2.05, 4.69) is 78.4 Å². The lowest BCUT2D eigenvalue weighted by Crippen LogP contribution is -2.25. The maximum Gasteiger partial charge on any atom is 0.264 e. The quantitative estimate of drug-likeness (QED) is 0.301. The summed E-state index contributed by atoms with van der Waals surface area (Å²) in [6, 6.07) is 8.82. The zero-order valence-corrected chi connectivity index (χ0v) is 19.9. The molecule has 0 aliphatic carbocycles. The molecular weight excluding hydrogens is 408 g/mol. The van der Waals surface area contributed by atoms with Crippen LogP contribution in [-0.2, 0) is 10.1 Å². The van der Waals surface area contributed by atoms with Crippen molar-refractivity contribution in [3.63, 3.8) is 0 Å². The fourth-order valence-electron chi connectivity index (χ4n) is 3.49. The maximum absolute atomic E-state index is 10.8. The highest BCUT2D eigenvalue weighted by Gasteiger charge is 2.07. The molecular formula is C25H38N2O3S. The summed E-state index contributed by atoms with van der Waals surface area (Å²) < 4.78 is 30.3. The molecule has 0 unspecified atom stereocenters. The maximum atomic E-state index is 10.8. The monoisotopic (exact) mass is 446 g/mol. The van der Waals surface area contributed by atoms with Crippen LogP contribution in [0.15, 0.2) is 54.3 Å². The average molecular weight is 447 g/mol. The average Bonchev–Trinajstić information content (AvgIpc) is 2.76. The topological polar surface area (TPSA) is 60.9 Å². The van der Waals surface area contributed by atoms with Gasteiger partial charge in [-0.05, 0) is 61.2 Å². The molecule has 31 heavy (non-hydrogen) atoms. The van der Waals surface area contributed by atoms with Crippen LogP contribution in [0.2, 0.25) is 0 Å². The molecule has 0 aromatic heterocycles. The van der Waals surface area contributed by atoms with Crippen LogP contribution in [-0.4, -0.2) is 49.8 Å². The third kappa shape index (κ3) is 10.2. The second-order valence-electron chi connectivity index (χ2n) is 8.13. The Morgan fingerprint density at radius 1 is 1.00 bits per heavy atom. The highest BCUT2D eigenvalue weighted by Crippen LogP contribution is 2.19. The molecule has 6 heteroatoms. The first-order valence-corrected chi connectivity index (χ1v) is 13.1. The van der Waals surface area contributed by atoms with Crippen molar-refractivity contribution in [2.75, 3.05) is 36.8 Å². The van der Waals surface area contributed by atoms with E-state index in [-0.39, 0.29) is 5.75 Å². The van der Waals surface area contributed by atoms with Crippen LogP contribution in [0.1, 0.15) is 57.9 Å². The van der Waals surface area contributed by atoms with Crippen molar-refractivity contribution in [3.8, 4) is 0 Å². The summed E-state index contributed by atoms with van der Waals surface area (Å²) in [5.41, 5.74) is 3.67. The molecule has 0 spiro atoms. The van der Waals surface area contributed by atoms with E-state index in [9.17, 15) is 8.42 Å². The lowest BCUT2D eigenvalue weighted by Gasteiger charge is -2.24. The fourth-order valence-corrected chi connectivity index (χ4v) is 4.06. The Bertz CT molecular complexity index is 834. The lowest BCUT2D eigenvalue weighted by molar-refractivity contribution is 0.398. The van der Waals surface area contributed by atoms with Gasteiger partial charge in [0.1, 0.15) is 0 Å². The van der Waals surface area contributed by atoms with Crippen molar-refractivity contribution < 1.29 is 13.0 Å². The molecule has 0 amide bonds. The van der Waals surface area contributed by atoms with Gasteiger partial charge in [-0.1, -0.05) is 57.0 Å². The lowest BCUT2D eigenvalue weighted by atomic mass is 10.1. The Kier molecular flexibility index (Phi) is 10.9.